The predicted octanol–water partition coefficient (Wildman–Crippen LogP) is 6.32. The Labute approximate surface area is 208 Å². The van der Waals surface area contributed by atoms with Crippen molar-refractivity contribution in [2.24, 2.45) is 0 Å². The molecule has 13 heteroatoms. The van der Waals surface area contributed by atoms with Crippen LogP contribution >= 0.6 is 11.6 Å². The fourth-order valence-electron chi connectivity index (χ4n) is 3.10. The van der Waals surface area contributed by atoms with Crippen LogP contribution in [-0.2, 0) is 0 Å². The van der Waals surface area contributed by atoms with E-state index in [4.69, 9.17) is 21.1 Å². The largest absolute Gasteiger partial charge is 0.490 e. The average Bonchev–Trinajstić information content (AvgIpc) is 2.84. The molecule has 0 amide bonds. The Morgan fingerprint density at radius 3 is 2.14 bits per heavy atom. The lowest BCUT2D eigenvalue weighted by molar-refractivity contribution is -0.394. The van der Waals surface area contributed by atoms with Gasteiger partial charge in [0.1, 0.15) is 0 Å². The van der Waals surface area contributed by atoms with Gasteiger partial charge in [0.25, 0.3) is 11.4 Å². The standard InChI is InChI=1S/C23H15ClN4O8/c1-2-35-22-11-14(9-16(13-25)15-3-5-17(6-4-15)26(29)30)10-19(24)23(22)36-21-8-7-18(27(31)32)12-20(21)28(33)34/h3-12H,2H2,1H3/b16-9+. The number of rotatable bonds is 9. The molecule has 182 valence electrons. The van der Waals surface area contributed by atoms with Gasteiger partial charge in [-0.05, 0) is 54.5 Å². The number of hydrogen-bond donors (Lipinski definition) is 0. The quantitative estimate of drug-likeness (QED) is 0.138. The van der Waals surface area contributed by atoms with Crippen molar-refractivity contribution in [3.8, 4) is 23.3 Å². The highest BCUT2D eigenvalue weighted by Crippen LogP contribution is 2.43. The van der Waals surface area contributed by atoms with E-state index in [9.17, 15) is 35.6 Å². The van der Waals surface area contributed by atoms with E-state index in [0.29, 0.717) is 11.1 Å². The first-order valence-electron chi connectivity index (χ1n) is 10.1. The number of nitro benzene ring substituents is 3. The van der Waals surface area contributed by atoms with Gasteiger partial charge in [-0.1, -0.05) is 11.6 Å². The van der Waals surface area contributed by atoms with Gasteiger partial charge in [-0.3, -0.25) is 30.3 Å². The zero-order valence-electron chi connectivity index (χ0n) is 18.4. The maximum atomic E-state index is 11.4. The van der Waals surface area contributed by atoms with Gasteiger partial charge in [-0.15, -0.1) is 0 Å². The van der Waals surface area contributed by atoms with Gasteiger partial charge in [0.2, 0.25) is 5.75 Å². The lowest BCUT2D eigenvalue weighted by Crippen LogP contribution is -1.99. The van der Waals surface area contributed by atoms with Gasteiger partial charge in [0, 0.05) is 18.2 Å². The predicted molar refractivity (Wildman–Crippen MR) is 129 cm³/mol. The number of halogens is 1. The number of nitro groups is 3. The monoisotopic (exact) mass is 510 g/mol. The van der Waals surface area contributed by atoms with Crippen LogP contribution in [0.2, 0.25) is 5.02 Å². The average molecular weight is 511 g/mol. The van der Waals surface area contributed by atoms with Gasteiger partial charge >= 0.3 is 5.69 Å². The molecule has 0 aliphatic rings. The Hall–Kier alpha value is -5.02. The normalized spacial score (nSPS) is 10.9. The molecular weight excluding hydrogens is 496 g/mol. The third kappa shape index (κ3) is 5.72. The van der Waals surface area contributed by atoms with Crippen LogP contribution in [0.25, 0.3) is 11.6 Å². The van der Waals surface area contributed by atoms with E-state index >= 15 is 0 Å². The van der Waals surface area contributed by atoms with Crippen LogP contribution in [0.1, 0.15) is 18.1 Å². The van der Waals surface area contributed by atoms with Crippen molar-refractivity contribution in [3.05, 3.63) is 101 Å². The Balaban J connectivity index is 2.04. The molecule has 0 aromatic heterocycles. The molecule has 3 aromatic carbocycles. The number of ether oxygens (including phenoxy) is 2. The SMILES string of the molecule is CCOc1cc(/C=C(\C#N)c2ccc([N+](=O)[O-])cc2)cc(Cl)c1Oc1ccc([N+](=O)[O-])cc1[N+](=O)[O-]. The van der Waals surface area contributed by atoms with Crippen LogP contribution in [0.5, 0.6) is 17.2 Å². The summed E-state index contributed by atoms with van der Waals surface area (Å²) in [6.07, 6.45) is 1.48. The fraction of sp³-hybridized carbons (Fsp3) is 0.0870. The van der Waals surface area contributed by atoms with E-state index in [0.717, 1.165) is 18.2 Å². The number of nitriles is 1. The van der Waals surface area contributed by atoms with Crippen molar-refractivity contribution in [3.63, 3.8) is 0 Å². The van der Waals surface area contributed by atoms with Crippen LogP contribution in [0, 0.1) is 41.7 Å². The van der Waals surface area contributed by atoms with Crippen LogP contribution in [-0.4, -0.2) is 21.4 Å². The highest BCUT2D eigenvalue weighted by atomic mass is 35.5. The van der Waals surface area contributed by atoms with Crippen molar-refractivity contribution in [1.82, 2.24) is 0 Å². The molecular formula is C23H15ClN4O8. The van der Waals surface area contributed by atoms with Gasteiger partial charge in [-0.2, -0.15) is 5.26 Å². The van der Waals surface area contributed by atoms with E-state index in [1.807, 2.05) is 6.07 Å². The lowest BCUT2D eigenvalue weighted by Gasteiger charge is -2.14. The molecule has 0 atom stereocenters. The summed E-state index contributed by atoms with van der Waals surface area (Å²) in [5, 5.41) is 42.9. The molecule has 0 aliphatic carbocycles. The second kappa shape index (κ2) is 10.9. The molecule has 3 rings (SSSR count). The minimum absolute atomic E-state index is 0.0131. The highest BCUT2D eigenvalue weighted by Gasteiger charge is 2.23. The van der Waals surface area contributed by atoms with Crippen LogP contribution in [0.15, 0.2) is 54.6 Å². The van der Waals surface area contributed by atoms with Crippen LogP contribution in [0.3, 0.4) is 0 Å². The summed E-state index contributed by atoms with van der Waals surface area (Å²) in [4.78, 5) is 31.1. The third-order valence-electron chi connectivity index (χ3n) is 4.71. The zero-order chi connectivity index (χ0) is 26.4. The number of nitrogens with zero attached hydrogens (tertiary/aromatic N) is 4. The molecule has 0 bridgehead atoms. The zero-order valence-corrected chi connectivity index (χ0v) is 19.2. The molecule has 0 saturated heterocycles. The first-order chi connectivity index (χ1) is 17.1. The Morgan fingerprint density at radius 1 is 0.944 bits per heavy atom. The van der Waals surface area contributed by atoms with Crippen molar-refractivity contribution >= 4 is 40.3 Å². The minimum atomic E-state index is -0.822. The van der Waals surface area contributed by atoms with E-state index in [2.05, 4.69) is 0 Å². The van der Waals surface area contributed by atoms with Crippen molar-refractivity contribution < 1.29 is 24.2 Å². The molecule has 0 unspecified atom stereocenters. The summed E-state index contributed by atoms with van der Waals surface area (Å²) in [7, 11) is 0. The van der Waals surface area contributed by atoms with Crippen LogP contribution < -0.4 is 9.47 Å². The van der Waals surface area contributed by atoms with Gasteiger partial charge in [0.05, 0.1) is 44.1 Å². The molecule has 0 radical (unpaired) electrons. The number of non-ortho nitro benzene ring substituents is 2. The Morgan fingerprint density at radius 2 is 1.58 bits per heavy atom. The third-order valence-corrected chi connectivity index (χ3v) is 5.00. The second-order valence-corrected chi connectivity index (χ2v) is 7.41. The van der Waals surface area contributed by atoms with Gasteiger partial charge < -0.3 is 9.47 Å². The molecule has 12 nitrogen and oxygen atoms in total. The topological polar surface area (TPSA) is 172 Å². The molecule has 0 fully saturated rings. The van der Waals surface area contributed by atoms with Gasteiger partial charge in [0.15, 0.2) is 11.5 Å². The first kappa shape index (κ1) is 25.6. The molecule has 0 N–H and O–H groups in total. The maximum Gasteiger partial charge on any atom is 0.318 e. The lowest BCUT2D eigenvalue weighted by atomic mass is 10.0. The molecule has 0 spiro atoms. The molecule has 0 aliphatic heterocycles. The molecule has 0 saturated carbocycles. The summed E-state index contributed by atoms with van der Waals surface area (Å²) < 4.78 is 11.2. The number of allylic oxidation sites excluding steroid dienone is 1. The van der Waals surface area contributed by atoms with E-state index < -0.39 is 26.1 Å². The fourth-order valence-corrected chi connectivity index (χ4v) is 3.36. The summed E-state index contributed by atoms with van der Waals surface area (Å²) in [5.74, 6) is -0.258. The molecule has 3 aromatic rings. The maximum absolute atomic E-state index is 11.4. The Kier molecular flexibility index (Phi) is 7.78. The number of hydrogen-bond acceptors (Lipinski definition) is 9. The smallest absolute Gasteiger partial charge is 0.318 e. The van der Waals surface area contributed by atoms with E-state index in [1.54, 1.807) is 6.92 Å². The number of benzene rings is 3. The Bertz CT molecular complexity index is 1430. The van der Waals surface area contributed by atoms with Crippen molar-refractivity contribution in [2.45, 2.75) is 6.92 Å². The molecule has 0 heterocycles. The summed E-state index contributed by atoms with van der Waals surface area (Å²) in [6, 6.07) is 13.3. The summed E-state index contributed by atoms with van der Waals surface area (Å²) in [5.41, 5.74) is -0.219. The highest BCUT2D eigenvalue weighted by molar-refractivity contribution is 6.32. The van der Waals surface area contributed by atoms with E-state index in [-0.39, 0.29) is 40.1 Å². The second-order valence-electron chi connectivity index (χ2n) is 7.01. The van der Waals surface area contributed by atoms with Crippen LogP contribution in [0.4, 0.5) is 17.1 Å². The summed E-state index contributed by atoms with van der Waals surface area (Å²) in [6.45, 7) is 1.86. The van der Waals surface area contributed by atoms with Crippen molar-refractivity contribution in [1.29, 1.82) is 5.26 Å². The van der Waals surface area contributed by atoms with Crippen molar-refractivity contribution in [2.75, 3.05) is 6.61 Å². The van der Waals surface area contributed by atoms with Gasteiger partial charge in [-0.25, -0.2) is 0 Å². The minimum Gasteiger partial charge on any atom is -0.490 e. The first-order valence-corrected chi connectivity index (χ1v) is 10.5. The van der Waals surface area contributed by atoms with E-state index in [1.165, 1.54) is 42.5 Å². The summed E-state index contributed by atoms with van der Waals surface area (Å²) >= 11 is 6.39. The molecule has 36 heavy (non-hydrogen) atoms.